The van der Waals surface area contributed by atoms with E-state index in [1.165, 1.54) is 6.07 Å². The van der Waals surface area contributed by atoms with E-state index in [-0.39, 0.29) is 0 Å². The Kier molecular flexibility index (Phi) is 3.77. The van der Waals surface area contributed by atoms with Gasteiger partial charge in [-0.3, -0.25) is 0 Å². The van der Waals surface area contributed by atoms with Gasteiger partial charge in [-0.05, 0) is 35.0 Å². The van der Waals surface area contributed by atoms with Gasteiger partial charge >= 0.3 is 5.97 Å². The highest BCUT2D eigenvalue weighted by molar-refractivity contribution is 9.10. The van der Waals surface area contributed by atoms with E-state index in [0.717, 1.165) is 0 Å². The number of anilines is 1. The molecule has 76 valence electrons. The van der Waals surface area contributed by atoms with Crippen LogP contribution in [0.1, 0.15) is 17.3 Å². The molecule has 1 rings (SSSR count). The summed E-state index contributed by atoms with van der Waals surface area (Å²) >= 11 is 9.02. The predicted molar refractivity (Wildman–Crippen MR) is 59.5 cm³/mol. The molecule has 1 aromatic carbocycles. The average molecular weight is 279 g/mol. The van der Waals surface area contributed by atoms with Crippen LogP contribution in [0.5, 0.6) is 0 Å². The van der Waals surface area contributed by atoms with Gasteiger partial charge < -0.3 is 10.5 Å². The molecule has 0 aliphatic rings. The molecule has 0 unspecified atom stereocenters. The molecule has 0 saturated heterocycles. The molecular weight excluding hydrogens is 269 g/mol. The van der Waals surface area contributed by atoms with Crippen LogP contribution in [0.25, 0.3) is 0 Å². The first-order valence-electron chi connectivity index (χ1n) is 3.98. The summed E-state index contributed by atoms with van der Waals surface area (Å²) < 4.78 is 5.47. The predicted octanol–water partition coefficient (Wildman–Crippen LogP) is 2.86. The largest absolute Gasteiger partial charge is 0.462 e. The molecule has 14 heavy (non-hydrogen) atoms. The maximum absolute atomic E-state index is 11.4. The molecule has 5 heteroatoms. The first kappa shape index (κ1) is 11.3. The highest BCUT2D eigenvalue weighted by atomic mass is 79.9. The minimum absolute atomic E-state index is 0.292. The number of carbonyl (C=O) groups is 1. The Morgan fingerprint density at radius 1 is 1.64 bits per heavy atom. The number of esters is 1. The van der Waals surface area contributed by atoms with Gasteiger partial charge in [0.15, 0.2) is 0 Å². The first-order valence-corrected chi connectivity index (χ1v) is 5.15. The zero-order chi connectivity index (χ0) is 10.7. The molecule has 3 nitrogen and oxygen atoms in total. The van der Waals surface area contributed by atoms with Gasteiger partial charge in [0.25, 0.3) is 0 Å². The number of carbonyl (C=O) groups excluding carboxylic acids is 1. The van der Waals surface area contributed by atoms with Gasteiger partial charge in [0, 0.05) is 10.2 Å². The monoisotopic (exact) mass is 277 g/mol. The van der Waals surface area contributed by atoms with Gasteiger partial charge in [0.05, 0.1) is 17.2 Å². The summed E-state index contributed by atoms with van der Waals surface area (Å²) in [5.41, 5.74) is 6.27. The lowest BCUT2D eigenvalue weighted by Gasteiger charge is -2.06. The molecule has 0 spiro atoms. The molecule has 0 radical (unpaired) electrons. The van der Waals surface area contributed by atoms with E-state index in [2.05, 4.69) is 15.9 Å². The normalized spacial score (nSPS) is 9.93. The summed E-state index contributed by atoms with van der Waals surface area (Å²) in [7, 11) is 0. The van der Waals surface area contributed by atoms with Crippen molar-refractivity contribution >= 4 is 39.2 Å². The summed E-state index contributed by atoms with van der Waals surface area (Å²) in [4.78, 5) is 11.4. The van der Waals surface area contributed by atoms with Gasteiger partial charge in [-0.25, -0.2) is 4.79 Å². The van der Waals surface area contributed by atoms with E-state index in [9.17, 15) is 4.79 Å². The van der Waals surface area contributed by atoms with Crippen molar-refractivity contribution in [3.8, 4) is 0 Å². The van der Waals surface area contributed by atoms with Crippen LogP contribution in [0.2, 0.25) is 5.02 Å². The van der Waals surface area contributed by atoms with Crippen LogP contribution in [0, 0.1) is 0 Å². The lowest BCUT2D eigenvalue weighted by molar-refractivity contribution is 0.0527. The van der Waals surface area contributed by atoms with E-state index in [1.54, 1.807) is 13.0 Å². The van der Waals surface area contributed by atoms with E-state index in [4.69, 9.17) is 22.1 Å². The van der Waals surface area contributed by atoms with Crippen molar-refractivity contribution in [2.45, 2.75) is 6.92 Å². The van der Waals surface area contributed by atoms with Gasteiger partial charge in [-0.1, -0.05) is 11.6 Å². The summed E-state index contributed by atoms with van der Waals surface area (Å²) in [6, 6.07) is 3.06. The van der Waals surface area contributed by atoms with Crippen molar-refractivity contribution in [1.82, 2.24) is 0 Å². The van der Waals surface area contributed by atoms with Crippen molar-refractivity contribution in [2.24, 2.45) is 0 Å². The Morgan fingerprint density at radius 3 is 2.86 bits per heavy atom. The first-order chi connectivity index (χ1) is 6.56. The fourth-order valence-electron chi connectivity index (χ4n) is 0.948. The zero-order valence-corrected chi connectivity index (χ0v) is 9.85. The smallest absolute Gasteiger partial charge is 0.340 e. The highest BCUT2D eigenvalue weighted by Gasteiger charge is 2.12. The number of rotatable bonds is 2. The van der Waals surface area contributed by atoms with Gasteiger partial charge in [0.2, 0.25) is 0 Å². The lowest BCUT2D eigenvalue weighted by atomic mass is 10.2. The van der Waals surface area contributed by atoms with Crippen LogP contribution in [0.15, 0.2) is 16.6 Å². The third kappa shape index (κ3) is 2.39. The molecule has 0 amide bonds. The lowest BCUT2D eigenvalue weighted by Crippen LogP contribution is -2.08. The maximum Gasteiger partial charge on any atom is 0.340 e. The molecule has 0 atom stereocenters. The fourth-order valence-corrected chi connectivity index (χ4v) is 1.47. The van der Waals surface area contributed by atoms with Crippen molar-refractivity contribution in [1.29, 1.82) is 0 Å². The van der Waals surface area contributed by atoms with E-state index >= 15 is 0 Å². The molecule has 0 aliphatic carbocycles. The molecule has 2 N–H and O–H groups in total. The Labute approximate surface area is 95.3 Å². The van der Waals surface area contributed by atoms with Crippen molar-refractivity contribution in [3.05, 3.63) is 27.2 Å². The van der Waals surface area contributed by atoms with Crippen LogP contribution >= 0.6 is 27.5 Å². The number of ether oxygens (including phenoxy) is 1. The van der Waals surface area contributed by atoms with Crippen LogP contribution in [0.4, 0.5) is 5.69 Å². The number of nitrogens with two attached hydrogens (primary N) is 1. The summed E-state index contributed by atoms with van der Waals surface area (Å²) in [6.07, 6.45) is 0. The Bertz CT molecular complexity index is 368. The SMILES string of the molecule is CCOC(=O)c1cc(Cl)c(Br)cc1N. The van der Waals surface area contributed by atoms with E-state index < -0.39 is 5.97 Å². The van der Waals surface area contributed by atoms with Crippen LogP contribution < -0.4 is 5.73 Å². The van der Waals surface area contributed by atoms with Crippen molar-refractivity contribution in [2.75, 3.05) is 12.3 Å². The molecule has 0 bridgehead atoms. The van der Waals surface area contributed by atoms with Crippen molar-refractivity contribution in [3.63, 3.8) is 0 Å². The molecule has 0 saturated carbocycles. The van der Waals surface area contributed by atoms with Gasteiger partial charge in [0.1, 0.15) is 0 Å². The Hall–Kier alpha value is -0.740. The molecule has 0 heterocycles. The Morgan fingerprint density at radius 2 is 2.29 bits per heavy atom. The highest BCUT2D eigenvalue weighted by Crippen LogP contribution is 2.28. The van der Waals surface area contributed by atoms with E-state index in [0.29, 0.717) is 27.4 Å². The van der Waals surface area contributed by atoms with E-state index in [1.807, 2.05) is 0 Å². The number of hydrogen-bond donors (Lipinski definition) is 1. The zero-order valence-electron chi connectivity index (χ0n) is 7.51. The third-order valence-electron chi connectivity index (χ3n) is 1.59. The number of benzene rings is 1. The van der Waals surface area contributed by atoms with Gasteiger partial charge in [-0.2, -0.15) is 0 Å². The van der Waals surface area contributed by atoms with Crippen LogP contribution in [0.3, 0.4) is 0 Å². The average Bonchev–Trinajstić information content (AvgIpc) is 2.11. The van der Waals surface area contributed by atoms with Crippen LogP contribution in [-0.4, -0.2) is 12.6 Å². The summed E-state index contributed by atoms with van der Waals surface area (Å²) in [6.45, 7) is 2.04. The Balaban J connectivity index is 3.09. The third-order valence-corrected chi connectivity index (χ3v) is 2.78. The number of hydrogen-bond acceptors (Lipinski definition) is 3. The second-order valence-electron chi connectivity index (χ2n) is 2.57. The molecule has 1 aromatic rings. The van der Waals surface area contributed by atoms with Gasteiger partial charge in [-0.15, -0.1) is 0 Å². The topological polar surface area (TPSA) is 52.3 Å². The quantitative estimate of drug-likeness (QED) is 0.668. The maximum atomic E-state index is 11.4. The molecule has 0 fully saturated rings. The summed E-state index contributed by atoms with van der Waals surface area (Å²) in [5.74, 6) is -0.459. The fraction of sp³-hybridized carbons (Fsp3) is 0.222. The summed E-state index contributed by atoms with van der Waals surface area (Å²) in [5, 5.41) is 0.433. The number of halogens is 2. The molecular formula is C9H9BrClNO2. The second-order valence-corrected chi connectivity index (χ2v) is 3.84. The second kappa shape index (κ2) is 4.66. The molecule has 0 aromatic heterocycles. The minimum Gasteiger partial charge on any atom is -0.462 e. The van der Waals surface area contributed by atoms with Crippen molar-refractivity contribution < 1.29 is 9.53 Å². The standard InChI is InChI=1S/C9H9BrClNO2/c1-2-14-9(13)5-3-7(11)6(10)4-8(5)12/h3-4H,2,12H2,1H3. The number of nitrogen functional groups attached to an aromatic ring is 1. The van der Waals surface area contributed by atoms with Crippen LogP contribution in [-0.2, 0) is 4.74 Å². The minimum atomic E-state index is -0.459. The molecule has 0 aliphatic heterocycles.